The van der Waals surface area contributed by atoms with Crippen LogP contribution in [-0.4, -0.2) is 19.1 Å². The summed E-state index contributed by atoms with van der Waals surface area (Å²) in [7, 11) is 0. The molecule has 0 aromatic heterocycles. The number of nitrogens with zero attached hydrogens (tertiary/aromatic N) is 2. The van der Waals surface area contributed by atoms with Crippen molar-refractivity contribution in [1.82, 2.24) is 0 Å². The maximum atomic E-state index is 15.8. The number of halogens is 1. The molecular formula is C33H54FN3. The highest BCUT2D eigenvalue weighted by Crippen LogP contribution is 2.35. The van der Waals surface area contributed by atoms with E-state index in [-0.39, 0.29) is 6.04 Å². The molecule has 208 valence electrons. The van der Waals surface area contributed by atoms with Gasteiger partial charge in [-0.1, -0.05) is 94.8 Å². The zero-order valence-corrected chi connectivity index (χ0v) is 24.7. The molecule has 3 nitrogen and oxygen atoms in total. The van der Waals surface area contributed by atoms with Gasteiger partial charge in [-0.15, -0.1) is 0 Å². The van der Waals surface area contributed by atoms with Gasteiger partial charge in [-0.25, -0.2) is 5.12 Å². The minimum Gasteiger partial charge on any atom is -0.372 e. The molecule has 2 unspecified atom stereocenters. The standard InChI is InChI=1S/C33H54FN3/c1-7-11-13-14-15-17-21-29-24-25-30(36(9-3)10-4)26-32(29)35-31-22-18-19-23-33(31)37(34)28(6)27(5)20-16-12-8-2/h18-19,22-28,35H,7-17,20-21H2,1-6H3. The SMILES string of the molecule is CCCCCCCCc1ccc(N(CC)CC)cc1Nc1ccccc1N(F)C(C)C(C)CCCCC. The van der Waals surface area contributed by atoms with Gasteiger partial charge < -0.3 is 10.2 Å². The van der Waals surface area contributed by atoms with E-state index in [2.05, 4.69) is 63.0 Å². The Morgan fingerprint density at radius 2 is 1.41 bits per heavy atom. The van der Waals surface area contributed by atoms with Crippen LogP contribution in [0.5, 0.6) is 0 Å². The van der Waals surface area contributed by atoms with Crippen LogP contribution >= 0.6 is 0 Å². The average Bonchev–Trinajstić information content (AvgIpc) is 2.91. The largest absolute Gasteiger partial charge is 0.372 e. The second-order valence-electron chi connectivity index (χ2n) is 10.7. The Balaban J connectivity index is 2.26. The van der Waals surface area contributed by atoms with E-state index in [0.29, 0.717) is 11.6 Å². The van der Waals surface area contributed by atoms with Crippen molar-refractivity contribution in [3.63, 3.8) is 0 Å². The molecule has 2 atom stereocenters. The first-order valence-electron chi connectivity index (χ1n) is 15.2. The predicted molar refractivity (Wildman–Crippen MR) is 163 cm³/mol. The molecule has 0 aliphatic heterocycles. The molecule has 0 spiro atoms. The number of hydrogen-bond acceptors (Lipinski definition) is 3. The number of benzene rings is 2. The Morgan fingerprint density at radius 3 is 2.11 bits per heavy atom. The van der Waals surface area contributed by atoms with Crippen LogP contribution in [0.25, 0.3) is 0 Å². The Kier molecular flexibility index (Phi) is 14.5. The van der Waals surface area contributed by atoms with Crippen molar-refractivity contribution in [2.75, 3.05) is 28.4 Å². The van der Waals surface area contributed by atoms with Crippen molar-refractivity contribution in [1.29, 1.82) is 0 Å². The third-order valence-electron chi connectivity index (χ3n) is 7.87. The van der Waals surface area contributed by atoms with E-state index in [9.17, 15) is 0 Å². The maximum Gasteiger partial charge on any atom is 0.0925 e. The summed E-state index contributed by atoms with van der Waals surface area (Å²) in [6, 6.07) is 14.4. The fourth-order valence-corrected chi connectivity index (χ4v) is 5.09. The monoisotopic (exact) mass is 511 g/mol. The molecule has 4 heteroatoms. The summed E-state index contributed by atoms with van der Waals surface area (Å²) in [6.45, 7) is 15.0. The van der Waals surface area contributed by atoms with Gasteiger partial charge in [0.25, 0.3) is 0 Å². The van der Waals surface area contributed by atoms with Gasteiger partial charge in [-0.3, -0.25) is 0 Å². The van der Waals surface area contributed by atoms with Gasteiger partial charge in [-0.05, 0) is 75.8 Å². The molecule has 0 bridgehead atoms. The number of hydrogen-bond donors (Lipinski definition) is 1. The Bertz CT molecular complexity index is 880. The molecule has 0 fully saturated rings. The van der Waals surface area contributed by atoms with E-state index in [1.54, 1.807) is 0 Å². The van der Waals surface area contributed by atoms with Gasteiger partial charge in [0.15, 0.2) is 0 Å². The summed E-state index contributed by atoms with van der Waals surface area (Å²) in [5.41, 5.74) is 5.08. The van der Waals surface area contributed by atoms with Crippen molar-refractivity contribution in [3.8, 4) is 0 Å². The summed E-state index contributed by atoms with van der Waals surface area (Å²) in [5.74, 6) is 0.291. The molecule has 1 N–H and O–H groups in total. The summed E-state index contributed by atoms with van der Waals surface area (Å²) >= 11 is 0. The molecule has 0 radical (unpaired) electrons. The van der Waals surface area contributed by atoms with Gasteiger partial charge in [0.2, 0.25) is 0 Å². The summed E-state index contributed by atoms with van der Waals surface area (Å²) in [5, 5.41) is 4.65. The number of unbranched alkanes of at least 4 members (excludes halogenated alkanes) is 7. The Morgan fingerprint density at radius 1 is 0.757 bits per heavy atom. The van der Waals surface area contributed by atoms with E-state index < -0.39 is 0 Å². The summed E-state index contributed by atoms with van der Waals surface area (Å²) < 4.78 is 15.8. The normalized spacial score (nSPS) is 12.8. The van der Waals surface area contributed by atoms with Crippen LogP contribution in [0.2, 0.25) is 0 Å². The summed E-state index contributed by atoms with van der Waals surface area (Å²) in [6.07, 6.45) is 13.4. The van der Waals surface area contributed by atoms with Crippen LogP contribution in [0.4, 0.5) is 27.2 Å². The first kappa shape index (κ1) is 31.0. The lowest BCUT2D eigenvalue weighted by molar-refractivity contribution is 0.301. The Hall–Kier alpha value is -2.23. The lowest BCUT2D eigenvalue weighted by Gasteiger charge is -2.29. The van der Waals surface area contributed by atoms with E-state index in [0.717, 1.165) is 48.8 Å². The molecule has 2 rings (SSSR count). The minimum atomic E-state index is -0.176. The number of anilines is 4. The van der Waals surface area contributed by atoms with Crippen LogP contribution < -0.4 is 15.3 Å². The third-order valence-corrected chi connectivity index (χ3v) is 7.87. The number of aryl methyl sites for hydroxylation is 1. The topological polar surface area (TPSA) is 18.5 Å². The zero-order chi connectivity index (χ0) is 27.0. The third kappa shape index (κ3) is 9.87. The highest BCUT2D eigenvalue weighted by molar-refractivity contribution is 5.77. The van der Waals surface area contributed by atoms with Gasteiger partial charge in [0.1, 0.15) is 0 Å². The predicted octanol–water partition coefficient (Wildman–Crippen LogP) is 10.5. The minimum absolute atomic E-state index is 0.176. The molecule has 2 aromatic rings. The number of rotatable bonds is 19. The van der Waals surface area contributed by atoms with E-state index in [1.165, 1.54) is 62.6 Å². The van der Waals surface area contributed by atoms with Crippen molar-refractivity contribution in [3.05, 3.63) is 48.0 Å². The zero-order valence-electron chi connectivity index (χ0n) is 24.7. The first-order chi connectivity index (χ1) is 18.0. The number of para-hydroxylation sites is 2. The molecule has 0 saturated carbocycles. The second-order valence-corrected chi connectivity index (χ2v) is 10.7. The van der Waals surface area contributed by atoms with Gasteiger partial charge in [0.05, 0.1) is 17.4 Å². The number of nitrogens with one attached hydrogen (secondary N) is 1. The molecule has 0 aliphatic rings. The molecule has 37 heavy (non-hydrogen) atoms. The molecule has 0 saturated heterocycles. The van der Waals surface area contributed by atoms with Crippen molar-refractivity contribution >= 4 is 22.7 Å². The smallest absolute Gasteiger partial charge is 0.0925 e. The molecular weight excluding hydrogens is 457 g/mol. The Labute approximate surface area is 227 Å². The van der Waals surface area contributed by atoms with E-state index in [1.807, 2.05) is 31.2 Å². The highest BCUT2D eigenvalue weighted by atomic mass is 19.2. The van der Waals surface area contributed by atoms with Crippen molar-refractivity contribution in [2.24, 2.45) is 5.92 Å². The lowest BCUT2D eigenvalue weighted by atomic mass is 9.96. The van der Waals surface area contributed by atoms with Crippen LogP contribution in [0.1, 0.15) is 111 Å². The van der Waals surface area contributed by atoms with Crippen LogP contribution in [0, 0.1) is 5.92 Å². The highest BCUT2D eigenvalue weighted by Gasteiger charge is 2.23. The van der Waals surface area contributed by atoms with Gasteiger partial charge in [0, 0.05) is 24.5 Å². The first-order valence-corrected chi connectivity index (χ1v) is 15.2. The fourth-order valence-electron chi connectivity index (χ4n) is 5.09. The van der Waals surface area contributed by atoms with Crippen molar-refractivity contribution < 1.29 is 4.48 Å². The second kappa shape index (κ2) is 17.3. The fraction of sp³-hybridized carbons (Fsp3) is 0.636. The molecule has 0 amide bonds. The maximum absolute atomic E-state index is 15.8. The molecule has 2 aromatic carbocycles. The molecule has 0 heterocycles. The average molecular weight is 512 g/mol. The van der Waals surface area contributed by atoms with E-state index >= 15 is 4.48 Å². The van der Waals surface area contributed by atoms with Crippen LogP contribution in [-0.2, 0) is 6.42 Å². The van der Waals surface area contributed by atoms with Crippen LogP contribution in [0.15, 0.2) is 42.5 Å². The van der Waals surface area contributed by atoms with Crippen molar-refractivity contribution in [2.45, 2.75) is 118 Å². The van der Waals surface area contributed by atoms with Crippen LogP contribution in [0.3, 0.4) is 0 Å². The van der Waals surface area contributed by atoms with Gasteiger partial charge >= 0.3 is 0 Å². The molecule has 0 aliphatic carbocycles. The summed E-state index contributed by atoms with van der Waals surface area (Å²) in [4.78, 5) is 2.37. The quantitative estimate of drug-likeness (QED) is 0.149. The van der Waals surface area contributed by atoms with E-state index in [4.69, 9.17) is 0 Å². The lowest BCUT2D eigenvalue weighted by Crippen LogP contribution is -2.31. The van der Waals surface area contributed by atoms with Gasteiger partial charge in [-0.2, -0.15) is 0 Å².